The third kappa shape index (κ3) is 3.53. The van der Waals surface area contributed by atoms with Gasteiger partial charge in [-0.3, -0.25) is 0 Å². The van der Waals surface area contributed by atoms with Crippen LogP contribution >= 0.6 is 11.6 Å². The Morgan fingerprint density at radius 3 is 2.23 bits per heavy atom. The highest BCUT2D eigenvalue weighted by atomic mass is 35.5. The molecule has 5 heteroatoms. The number of nitrogens with zero attached hydrogens (tertiary/aromatic N) is 3. The lowest BCUT2D eigenvalue weighted by atomic mass is 10.1. The summed E-state index contributed by atoms with van der Waals surface area (Å²) in [7, 11) is 0. The van der Waals surface area contributed by atoms with Crippen molar-refractivity contribution in [1.29, 1.82) is 0 Å². The van der Waals surface area contributed by atoms with E-state index in [0.29, 0.717) is 11.6 Å². The Hall–Kier alpha value is -3.63. The van der Waals surface area contributed by atoms with Crippen LogP contribution in [-0.4, -0.2) is 14.5 Å². The maximum atomic E-state index is 6.10. The van der Waals surface area contributed by atoms with Crippen LogP contribution < -0.4 is 5.32 Å². The first kappa shape index (κ1) is 18.4. The van der Waals surface area contributed by atoms with Gasteiger partial charge in [-0.05, 0) is 35.4 Å². The molecule has 5 aromatic rings. The Balaban J connectivity index is 1.67. The Morgan fingerprint density at radius 1 is 0.800 bits per heavy atom. The van der Waals surface area contributed by atoms with E-state index >= 15 is 0 Å². The standard InChI is InChI=1S/C25H19ClN4/c26-20-11-13-21(14-12-20)30-16-22(19-9-5-2-6-10-19)23-24(28-17-29-25(23)30)27-15-18-7-3-1-4-8-18/h1-14,16-17H,15H2,(H,27,28,29). The molecule has 0 spiro atoms. The number of fused-ring (bicyclic) bond motifs is 1. The van der Waals surface area contributed by atoms with E-state index in [4.69, 9.17) is 11.6 Å². The average Bonchev–Trinajstić information content (AvgIpc) is 3.20. The van der Waals surface area contributed by atoms with E-state index in [1.165, 1.54) is 5.56 Å². The van der Waals surface area contributed by atoms with Gasteiger partial charge >= 0.3 is 0 Å². The zero-order chi connectivity index (χ0) is 20.3. The number of halogens is 1. The summed E-state index contributed by atoms with van der Waals surface area (Å²) in [5.41, 5.74) is 5.24. The van der Waals surface area contributed by atoms with Crippen LogP contribution in [0, 0.1) is 0 Å². The molecular weight excluding hydrogens is 392 g/mol. The minimum Gasteiger partial charge on any atom is -0.365 e. The van der Waals surface area contributed by atoms with Crippen molar-refractivity contribution >= 4 is 28.5 Å². The molecule has 4 nitrogen and oxygen atoms in total. The van der Waals surface area contributed by atoms with Crippen LogP contribution in [0.2, 0.25) is 5.02 Å². The molecule has 0 atom stereocenters. The Kier molecular flexibility index (Phi) is 4.91. The first-order valence-electron chi connectivity index (χ1n) is 9.75. The van der Waals surface area contributed by atoms with Crippen molar-refractivity contribution in [3.8, 4) is 16.8 Å². The fourth-order valence-electron chi connectivity index (χ4n) is 3.61. The van der Waals surface area contributed by atoms with Crippen LogP contribution in [0.25, 0.3) is 27.8 Å². The van der Waals surface area contributed by atoms with E-state index in [-0.39, 0.29) is 0 Å². The summed E-state index contributed by atoms with van der Waals surface area (Å²) in [6.07, 6.45) is 3.72. The van der Waals surface area contributed by atoms with Crippen molar-refractivity contribution < 1.29 is 0 Å². The zero-order valence-corrected chi connectivity index (χ0v) is 16.9. The van der Waals surface area contributed by atoms with Crippen molar-refractivity contribution in [2.75, 3.05) is 5.32 Å². The summed E-state index contributed by atoms with van der Waals surface area (Å²) in [4.78, 5) is 9.19. The van der Waals surface area contributed by atoms with Gasteiger partial charge in [0.25, 0.3) is 0 Å². The molecule has 30 heavy (non-hydrogen) atoms. The summed E-state index contributed by atoms with van der Waals surface area (Å²) in [6, 6.07) is 28.4. The summed E-state index contributed by atoms with van der Waals surface area (Å²) >= 11 is 6.10. The van der Waals surface area contributed by atoms with Gasteiger partial charge in [0.2, 0.25) is 0 Å². The predicted molar refractivity (Wildman–Crippen MR) is 123 cm³/mol. The van der Waals surface area contributed by atoms with E-state index in [2.05, 4.69) is 50.3 Å². The van der Waals surface area contributed by atoms with Crippen LogP contribution in [0.3, 0.4) is 0 Å². The van der Waals surface area contributed by atoms with Crippen molar-refractivity contribution in [2.24, 2.45) is 0 Å². The lowest BCUT2D eigenvalue weighted by molar-refractivity contribution is 1.06. The molecule has 2 heterocycles. The normalized spacial score (nSPS) is 11.0. The molecule has 2 aromatic heterocycles. The van der Waals surface area contributed by atoms with Crippen molar-refractivity contribution in [1.82, 2.24) is 14.5 Å². The van der Waals surface area contributed by atoms with Crippen molar-refractivity contribution in [2.45, 2.75) is 6.54 Å². The molecule has 0 unspecified atom stereocenters. The van der Waals surface area contributed by atoms with Gasteiger partial charge in [0.1, 0.15) is 12.1 Å². The van der Waals surface area contributed by atoms with Gasteiger partial charge in [0.05, 0.1) is 5.39 Å². The first-order valence-corrected chi connectivity index (χ1v) is 10.1. The quantitative estimate of drug-likeness (QED) is 0.367. The number of rotatable bonds is 5. The third-order valence-electron chi connectivity index (χ3n) is 5.08. The topological polar surface area (TPSA) is 42.7 Å². The fraction of sp³-hybridized carbons (Fsp3) is 0.0400. The van der Waals surface area contributed by atoms with Gasteiger partial charge in [-0.25, -0.2) is 9.97 Å². The lowest BCUT2D eigenvalue weighted by Crippen LogP contribution is -2.03. The summed E-state index contributed by atoms with van der Waals surface area (Å²) < 4.78 is 2.09. The SMILES string of the molecule is Clc1ccc(-n2cc(-c3ccccc3)c3c(NCc4ccccc4)ncnc32)cc1. The number of anilines is 1. The molecule has 0 aliphatic rings. The third-order valence-corrected chi connectivity index (χ3v) is 5.33. The minimum atomic E-state index is 0.688. The second-order valence-corrected chi connectivity index (χ2v) is 7.45. The largest absolute Gasteiger partial charge is 0.365 e. The Labute approximate surface area is 179 Å². The molecule has 0 radical (unpaired) electrons. The molecule has 0 fully saturated rings. The Bertz CT molecular complexity index is 1280. The van der Waals surface area contributed by atoms with Gasteiger partial charge in [-0.15, -0.1) is 0 Å². The number of hydrogen-bond acceptors (Lipinski definition) is 3. The summed E-state index contributed by atoms with van der Waals surface area (Å²) in [5, 5.41) is 5.20. The number of aromatic nitrogens is 3. The van der Waals surface area contributed by atoms with Gasteiger partial charge < -0.3 is 9.88 Å². The number of hydrogen-bond donors (Lipinski definition) is 1. The van der Waals surface area contributed by atoms with Gasteiger partial charge in [0.15, 0.2) is 5.65 Å². The molecule has 0 saturated heterocycles. The van der Waals surface area contributed by atoms with E-state index < -0.39 is 0 Å². The van der Waals surface area contributed by atoms with Gasteiger partial charge in [-0.1, -0.05) is 72.3 Å². The van der Waals surface area contributed by atoms with Crippen molar-refractivity contribution in [3.05, 3.63) is 108 Å². The van der Waals surface area contributed by atoms with Crippen LogP contribution in [-0.2, 0) is 6.54 Å². The summed E-state index contributed by atoms with van der Waals surface area (Å²) in [6.45, 7) is 0.688. The molecule has 3 aromatic carbocycles. The maximum Gasteiger partial charge on any atom is 0.150 e. The smallest absolute Gasteiger partial charge is 0.150 e. The molecule has 1 N–H and O–H groups in total. The predicted octanol–water partition coefficient (Wildman–Crippen LogP) is 6.35. The molecule has 0 amide bonds. The van der Waals surface area contributed by atoms with Crippen LogP contribution in [0.4, 0.5) is 5.82 Å². The van der Waals surface area contributed by atoms with E-state index in [0.717, 1.165) is 33.7 Å². The lowest BCUT2D eigenvalue weighted by Gasteiger charge is -2.09. The zero-order valence-electron chi connectivity index (χ0n) is 16.2. The second kappa shape index (κ2) is 8.01. The summed E-state index contributed by atoms with van der Waals surface area (Å²) in [5.74, 6) is 0.815. The highest BCUT2D eigenvalue weighted by Crippen LogP contribution is 2.35. The Morgan fingerprint density at radius 2 is 1.50 bits per heavy atom. The molecule has 0 saturated carbocycles. The molecular formula is C25H19ClN4. The number of nitrogens with one attached hydrogen (secondary N) is 1. The minimum absolute atomic E-state index is 0.688. The molecule has 0 aliphatic heterocycles. The van der Waals surface area contributed by atoms with Crippen molar-refractivity contribution in [3.63, 3.8) is 0 Å². The maximum absolute atomic E-state index is 6.10. The van der Waals surface area contributed by atoms with Gasteiger partial charge in [0, 0.05) is 29.0 Å². The van der Waals surface area contributed by atoms with Crippen LogP contribution in [0.5, 0.6) is 0 Å². The average molecular weight is 411 g/mol. The van der Waals surface area contributed by atoms with E-state index in [1.807, 2.05) is 60.7 Å². The van der Waals surface area contributed by atoms with Gasteiger partial charge in [-0.2, -0.15) is 0 Å². The monoisotopic (exact) mass is 410 g/mol. The molecule has 146 valence electrons. The fourth-order valence-corrected chi connectivity index (χ4v) is 3.74. The second-order valence-electron chi connectivity index (χ2n) is 7.02. The molecule has 0 aliphatic carbocycles. The molecule has 5 rings (SSSR count). The highest BCUT2D eigenvalue weighted by Gasteiger charge is 2.17. The number of benzene rings is 3. The molecule has 0 bridgehead atoms. The van der Waals surface area contributed by atoms with Crippen LogP contribution in [0.1, 0.15) is 5.56 Å². The first-order chi connectivity index (χ1) is 14.8. The van der Waals surface area contributed by atoms with E-state index in [1.54, 1.807) is 6.33 Å². The van der Waals surface area contributed by atoms with Crippen LogP contribution in [0.15, 0.2) is 97.5 Å². The van der Waals surface area contributed by atoms with E-state index in [9.17, 15) is 0 Å². The highest BCUT2D eigenvalue weighted by molar-refractivity contribution is 6.30.